The van der Waals surface area contributed by atoms with Crippen molar-refractivity contribution in [3.05, 3.63) is 34.9 Å². The van der Waals surface area contributed by atoms with Gasteiger partial charge in [0.25, 0.3) is 0 Å². The van der Waals surface area contributed by atoms with Gasteiger partial charge < -0.3 is 9.53 Å². The number of aldehydes is 1. The molecule has 0 N–H and O–H groups in total. The van der Waals surface area contributed by atoms with E-state index < -0.39 is 0 Å². The highest BCUT2D eigenvalue weighted by atomic mass is 16.5. The standard InChI is InChI=1S/C12H14O3/c1-9-5-6-10(4-3-7-13)8-11(9)12(14)15-2/h5-8H,3-4H2,1-2H3. The number of rotatable bonds is 4. The lowest BCUT2D eigenvalue weighted by molar-refractivity contribution is -0.107. The third kappa shape index (κ3) is 2.91. The minimum absolute atomic E-state index is 0.333. The first-order valence-electron chi connectivity index (χ1n) is 4.80. The third-order valence-corrected chi connectivity index (χ3v) is 2.26. The van der Waals surface area contributed by atoms with Crippen LogP contribution in [0.4, 0.5) is 0 Å². The Balaban J connectivity index is 2.94. The van der Waals surface area contributed by atoms with Crippen molar-refractivity contribution in [1.82, 2.24) is 0 Å². The molecule has 0 unspecified atom stereocenters. The van der Waals surface area contributed by atoms with Crippen molar-refractivity contribution < 1.29 is 14.3 Å². The van der Waals surface area contributed by atoms with Crippen LogP contribution in [0.5, 0.6) is 0 Å². The van der Waals surface area contributed by atoms with Gasteiger partial charge in [-0.1, -0.05) is 12.1 Å². The van der Waals surface area contributed by atoms with Gasteiger partial charge in [-0.15, -0.1) is 0 Å². The number of aryl methyl sites for hydroxylation is 2. The fourth-order valence-electron chi connectivity index (χ4n) is 1.38. The lowest BCUT2D eigenvalue weighted by Crippen LogP contribution is -2.04. The zero-order valence-electron chi connectivity index (χ0n) is 8.95. The van der Waals surface area contributed by atoms with E-state index in [-0.39, 0.29) is 5.97 Å². The molecule has 1 rings (SSSR count). The Morgan fingerprint density at radius 1 is 1.47 bits per heavy atom. The molecule has 80 valence electrons. The number of methoxy groups -OCH3 is 1. The molecule has 0 atom stereocenters. The number of benzene rings is 1. The summed E-state index contributed by atoms with van der Waals surface area (Å²) < 4.78 is 4.67. The van der Waals surface area contributed by atoms with Crippen molar-refractivity contribution in [1.29, 1.82) is 0 Å². The topological polar surface area (TPSA) is 43.4 Å². The molecule has 3 heteroatoms. The van der Waals surface area contributed by atoms with Crippen molar-refractivity contribution in [2.75, 3.05) is 7.11 Å². The smallest absolute Gasteiger partial charge is 0.338 e. The number of hydrogen-bond donors (Lipinski definition) is 0. The van der Waals surface area contributed by atoms with Crippen LogP contribution in [0.15, 0.2) is 18.2 Å². The van der Waals surface area contributed by atoms with E-state index >= 15 is 0 Å². The number of carbonyl (C=O) groups is 2. The first-order valence-corrected chi connectivity index (χ1v) is 4.80. The summed E-state index contributed by atoms with van der Waals surface area (Å²) in [4.78, 5) is 21.6. The summed E-state index contributed by atoms with van der Waals surface area (Å²) in [6.07, 6.45) is 2.01. The quantitative estimate of drug-likeness (QED) is 0.558. The molecule has 0 aromatic heterocycles. The van der Waals surface area contributed by atoms with Gasteiger partial charge in [0.1, 0.15) is 6.29 Å². The summed E-state index contributed by atoms with van der Waals surface area (Å²) in [5.74, 6) is -0.333. The lowest BCUT2D eigenvalue weighted by atomic mass is 10.0. The molecule has 0 saturated heterocycles. The van der Waals surface area contributed by atoms with E-state index in [0.29, 0.717) is 18.4 Å². The summed E-state index contributed by atoms with van der Waals surface area (Å²) in [7, 11) is 1.36. The molecule has 0 amide bonds. The highest BCUT2D eigenvalue weighted by molar-refractivity contribution is 5.91. The molecule has 3 nitrogen and oxygen atoms in total. The summed E-state index contributed by atoms with van der Waals surface area (Å²) in [5, 5.41) is 0. The minimum atomic E-state index is -0.333. The summed E-state index contributed by atoms with van der Waals surface area (Å²) >= 11 is 0. The Kier molecular flexibility index (Phi) is 4.03. The molecule has 0 fully saturated rings. The van der Waals surface area contributed by atoms with E-state index in [1.807, 2.05) is 19.1 Å². The van der Waals surface area contributed by atoms with E-state index in [4.69, 9.17) is 0 Å². The second kappa shape index (κ2) is 5.29. The van der Waals surface area contributed by atoms with Gasteiger partial charge in [-0.25, -0.2) is 4.79 Å². The maximum atomic E-state index is 11.4. The predicted molar refractivity (Wildman–Crippen MR) is 56.9 cm³/mol. The van der Waals surface area contributed by atoms with Crippen LogP contribution in [0.25, 0.3) is 0 Å². The van der Waals surface area contributed by atoms with E-state index in [9.17, 15) is 9.59 Å². The van der Waals surface area contributed by atoms with Crippen molar-refractivity contribution in [3.63, 3.8) is 0 Å². The van der Waals surface area contributed by atoms with Gasteiger partial charge in [0.15, 0.2) is 0 Å². The maximum Gasteiger partial charge on any atom is 0.338 e. The van der Waals surface area contributed by atoms with Crippen LogP contribution in [-0.2, 0) is 16.0 Å². The molecule has 0 spiro atoms. The molecule has 0 bridgehead atoms. The molecule has 0 aliphatic heterocycles. The van der Waals surface area contributed by atoms with Crippen molar-refractivity contribution in [2.24, 2.45) is 0 Å². The normalized spacial score (nSPS) is 9.73. The molecular formula is C12H14O3. The third-order valence-electron chi connectivity index (χ3n) is 2.26. The molecule has 0 heterocycles. The van der Waals surface area contributed by atoms with Gasteiger partial charge in [0, 0.05) is 6.42 Å². The summed E-state index contributed by atoms with van der Waals surface area (Å²) in [5.41, 5.74) is 2.44. The van der Waals surface area contributed by atoms with Crippen LogP contribution in [0.1, 0.15) is 27.9 Å². The first-order chi connectivity index (χ1) is 7.19. The maximum absolute atomic E-state index is 11.4. The van der Waals surface area contributed by atoms with Gasteiger partial charge in [-0.05, 0) is 30.5 Å². The highest BCUT2D eigenvalue weighted by Gasteiger charge is 2.09. The molecule has 0 radical (unpaired) electrons. The molecule has 0 saturated carbocycles. The Morgan fingerprint density at radius 3 is 2.80 bits per heavy atom. The second-order valence-electron chi connectivity index (χ2n) is 3.35. The fraction of sp³-hybridized carbons (Fsp3) is 0.333. The minimum Gasteiger partial charge on any atom is -0.465 e. The monoisotopic (exact) mass is 206 g/mol. The van der Waals surface area contributed by atoms with Crippen molar-refractivity contribution >= 4 is 12.3 Å². The van der Waals surface area contributed by atoms with Crippen LogP contribution in [0.3, 0.4) is 0 Å². The van der Waals surface area contributed by atoms with Gasteiger partial charge in [0.05, 0.1) is 12.7 Å². The largest absolute Gasteiger partial charge is 0.465 e. The Bertz CT molecular complexity index is 369. The number of hydrogen-bond acceptors (Lipinski definition) is 3. The Labute approximate surface area is 89.1 Å². The first kappa shape index (κ1) is 11.4. The van der Waals surface area contributed by atoms with E-state index in [1.54, 1.807) is 6.07 Å². The Hall–Kier alpha value is -1.64. The average molecular weight is 206 g/mol. The second-order valence-corrected chi connectivity index (χ2v) is 3.35. The molecule has 15 heavy (non-hydrogen) atoms. The Morgan fingerprint density at radius 2 is 2.20 bits per heavy atom. The van der Waals surface area contributed by atoms with E-state index in [2.05, 4.69) is 4.74 Å². The summed E-state index contributed by atoms with van der Waals surface area (Å²) in [6.45, 7) is 1.86. The lowest BCUT2D eigenvalue weighted by Gasteiger charge is -2.06. The van der Waals surface area contributed by atoms with Crippen LogP contribution in [-0.4, -0.2) is 19.4 Å². The average Bonchev–Trinajstić information content (AvgIpc) is 2.27. The highest BCUT2D eigenvalue weighted by Crippen LogP contribution is 2.13. The number of esters is 1. The van der Waals surface area contributed by atoms with Crippen LogP contribution in [0, 0.1) is 6.92 Å². The van der Waals surface area contributed by atoms with Gasteiger partial charge >= 0.3 is 5.97 Å². The van der Waals surface area contributed by atoms with Crippen molar-refractivity contribution in [2.45, 2.75) is 19.8 Å². The molecule has 1 aromatic carbocycles. The van der Waals surface area contributed by atoms with Crippen LogP contribution < -0.4 is 0 Å². The zero-order chi connectivity index (χ0) is 11.3. The fourth-order valence-corrected chi connectivity index (χ4v) is 1.38. The number of ether oxygens (including phenoxy) is 1. The van der Waals surface area contributed by atoms with Gasteiger partial charge in [0.2, 0.25) is 0 Å². The molecule has 0 aliphatic rings. The molecule has 1 aromatic rings. The van der Waals surface area contributed by atoms with Crippen LogP contribution >= 0.6 is 0 Å². The van der Waals surface area contributed by atoms with E-state index in [1.165, 1.54) is 7.11 Å². The van der Waals surface area contributed by atoms with Gasteiger partial charge in [-0.3, -0.25) is 0 Å². The SMILES string of the molecule is COC(=O)c1cc(CCC=O)ccc1C. The van der Waals surface area contributed by atoms with Crippen LogP contribution in [0.2, 0.25) is 0 Å². The zero-order valence-corrected chi connectivity index (χ0v) is 8.95. The van der Waals surface area contributed by atoms with Crippen molar-refractivity contribution in [3.8, 4) is 0 Å². The number of carbonyl (C=O) groups excluding carboxylic acids is 2. The predicted octanol–water partition coefficient (Wildman–Crippen LogP) is 1.91. The van der Waals surface area contributed by atoms with E-state index in [0.717, 1.165) is 17.4 Å². The molecule has 0 aliphatic carbocycles. The molecular weight excluding hydrogens is 192 g/mol. The summed E-state index contributed by atoms with van der Waals surface area (Å²) in [6, 6.07) is 5.57. The van der Waals surface area contributed by atoms with Gasteiger partial charge in [-0.2, -0.15) is 0 Å².